The zero-order chi connectivity index (χ0) is 13.7. The third-order valence-electron chi connectivity index (χ3n) is 2.95. The van der Waals surface area contributed by atoms with E-state index < -0.39 is 0 Å². The number of hydrogen-bond acceptors (Lipinski definition) is 4. The van der Waals surface area contributed by atoms with Crippen LogP contribution < -0.4 is 10.5 Å². The average molecular weight is 260 g/mol. The highest BCUT2D eigenvalue weighted by molar-refractivity contribution is 5.27. The number of aromatic nitrogens is 3. The van der Waals surface area contributed by atoms with E-state index in [1.807, 2.05) is 44.3 Å². The number of benzene rings is 1. The lowest BCUT2D eigenvalue weighted by Gasteiger charge is -2.06. The molecule has 0 bridgehead atoms. The number of nitrogens with zero attached hydrogens (tertiary/aromatic N) is 3. The average Bonchev–Trinajstić information content (AvgIpc) is 2.87. The van der Waals surface area contributed by atoms with Crippen LogP contribution in [0, 0.1) is 6.92 Å². The molecular weight excluding hydrogens is 240 g/mol. The van der Waals surface area contributed by atoms with Gasteiger partial charge in [-0.05, 0) is 31.0 Å². The summed E-state index contributed by atoms with van der Waals surface area (Å²) in [5, 5.41) is 8.10. The lowest BCUT2D eigenvalue weighted by molar-refractivity contribution is 0.289. The maximum Gasteiger partial charge on any atom is 0.119 e. The predicted molar refractivity (Wildman–Crippen MR) is 73.9 cm³/mol. The van der Waals surface area contributed by atoms with Crippen molar-refractivity contribution in [2.24, 2.45) is 5.73 Å². The summed E-state index contributed by atoms with van der Waals surface area (Å²) in [5.41, 5.74) is 7.92. The fourth-order valence-electron chi connectivity index (χ4n) is 1.76. The molecule has 2 rings (SSSR count). The second-order valence-electron chi connectivity index (χ2n) is 4.59. The molecule has 0 aliphatic carbocycles. The Kier molecular flexibility index (Phi) is 4.52. The van der Waals surface area contributed by atoms with Gasteiger partial charge in [-0.15, -0.1) is 5.10 Å². The van der Waals surface area contributed by atoms with Gasteiger partial charge in [0.2, 0.25) is 0 Å². The van der Waals surface area contributed by atoms with Gasteiger partial charge in [-0.1, -0.05) is 24.3 Å². The second kappa shape index (κ2) is 6.33. The van der Waals surface area contributed by atoms with Crippen LogP contribution in [0.3, 0.4) is 0 Å². The molecule has 0 aliphatic rings. The molecular formula is C14H20N4O. The predicted octanol–water partition coefficient (Wildman–Crippen LogP) is 2.08. The first-order valence-electron chi connectivity index (χ1n) is 6.54. The first-order chi connectivity index (χ1) is 9.19. The molecule has 0 spiro atoms. The monoisotopic (exact) mass is 260 g/mol. The highest BCUT2D eigenvalue weighted by atomic mass is 16.5. The van der Waals surface area contributed by atoms with Crippen LogP contribution in [0.1, 0.15) is 30.6 Å². The van der Waals surface area contributed by atoms with Crippen LogP contribution >= 0.6 is 0 Å². The molecule has 19 heavy (non-hydrogen) atoms. The molecule has 1 heterocycles. The van der Waals surface area contributed by atoms with Crippen LogP contribution in [-0.2, 0) is 6.54 Å². The van der Waals surface area contributed by atoms with Gasteiger partial charge in [0.05, 0.1) is 24.5 Å². The standard InChI is InChI=1S/C14H20N4O/c1-3-13(15)14-10-18(17-16-14)7-8-19-12-6-4-5-11(2)9-12/h4-6,9-10,13H,3,7-8,15H2,1-2H3. The van der Waals surface area contributed by atoms with E-state index in [0.717, 1.165) is 17.9 Å². The van der Waals surface area contributed by atoms with Crippen LogP contribution in [0.4, 0.5) is 0 Å². The number of nitrogens with two attached hydrogens (primary N) is 1. The normalized spacial score (nSPS) is 12.4. The van der Waals surface area contributed by atoms with Crippen molar-refractivity contribution in [3.8, 4) is 5.75 Å². The van der Waals surface area contributed by atoms with Crippen LogP contribution in [0.5, 0.6) is 5.75 Å². The molecule has 5 heteroatoms. The maximum absolute atomic E-state index is 5.90. The minimum Gasteiger partial charge on any atom is -0.492 e. The fourth-order valence-corrected chi connectivity index (χ4v) is 1.76. The van der Waals surface area contributed by atoms with Crippen molar-refractivity contribution in [3.63, 3.8) is 0 Å². The minimum atomic E-state index is -0.0357. The zero-order valence-corrected chi connectivity index (χ0v) is 11.4. The molecule has 1 aromatic carbocycles. The van der Waals surface area contributed by atoms with Gasteiger partial charge in [0.15, 0.2) is 0 Å². The van der Waals surface area contributed by atoms with Crippen molar-refractivity contribution in [3.05, 3.63) is 41.7 Å². The smallest absolute Gasteiger partial charge is 0.119 e. The summed E-state index contributed by atoms with van der Waals surface area (Å²) < 4.78 is 7.43. The van der Waals surface area contributed by atoms with Crippen molar-refractivity contribution in [2.75, 3.05) is 6.61 Å². The van der Waals surface area contributed by atoms with E-state index >= 15 is 0 Å². The molecule has 2 N–H and O–H groups in total. The number of aryl methyl sites for hydroxylation is 1. The first-order valence-corrected chi connectivity index (χ1v) is 6.54. The minimum absolute atomic E-state index is 0.0357. The van der Waals surface area contributed by atoms with Gasteiger partial charge in [-0.2, -0.15) is 0 Å². The Balaban J connectivity index is 1.84. The van der Waals surface area contributed by atoms with Crippen molar-refractivity contribution in [1.82, 2.24) is 15.0 Å². The summed E-state index contributed by atoms with van der Waals surface area (Å²) in [6, 6.07) is 7.96. The summed E-state index contributed by atoms with van der Waals surface area (Å²) in [7, 11) is 0. The molecule has 0 amide bonds. The van der Waals surface area contributed by atoms with E-state index in [1.54, 1.807) is 4.68 Å². The van der Waals surface area contributed by atoms with Crippen LogP contribution in [0.25, 0.3) is 0 Å². The van der Waals surface area contributed by atoms with E-state index in [-0.39, 0.29) is 6.04 Å². The molecule has 1 aromatic heterocycles. The fraction of sp³-hybridized carbons (Fsp3) is 0.429. The van der Waals surface area contributed by atoms with Gasteiger partial charge in [-0.25, -0.2) is 4.68 Å². The summed E-state index contributed by atoms with van der Waals surface area (Å²) in [4.78, 5) is 0. The van der Waals surface area contributed by atoms with Gasteiger partial charge in [-0.3, -0.25) is 0 Å². The van der Waals surface area contributed by atoms with E-state index in [0.29, 0.717) is 13.2 Å². The number of hydrogen-bond donors (Lipinski definition) is 1. The van der Waals surface area contributed by atoms with Gasteiger partial charge in [0.25, 0.3) is 0 Å². The zero-order valence-electron chi connectivity index (χ0n) is 11.4. The van der Waals surface area contributed by atoms with Crippen molar-refractivity contribution in [1.29, 1.82) is 0 Å². The molecule has 1 unspecified atom stereocenters. The molecule has 0 fully saturated rings. The second-order valence-corrected chi connectivity index (χ2v) is 4.59. The van der Waals surface area contributed by atoms with Gasteiger partial charge >= 0.3 is 0 Å². The molecule has 102 valence electrons. The summed E-state index contributed by atoms with van der Waals surface area (Å²) >= 11 is 0. The third-order valence-corrected chi connectivity index (χ3v) is 2.95. The van der Waals surface area contributed by atoms with Crippen molar-refractivity contribution in [2.45, 2.75) is 32.9 Å². The van der Waals surface area contributed by atoms with E-state index in [2.05, 4.69) is 10.3 Å². The highest BCUT2D eigenvalue weighted by Crippen LogP contribution is 2.12. The molecule has 0 aliphatic heterocycles. The number of ether oxygens (including phenoxy) is 1. The Bertz CT molecular complexity index is 524. The Morgan fingerprint density at radius 3 is 3.00 bits per heavy atom. The summed E-state index contributed by atoms with van der Waals surface area (Å²) in [6.07, 6.45) is 2.74. The Morgan fingerprint density at radius 1 is 1.42 bits per heavy atom. The quantitative estimate of drug-likeness (QED) is 0.863. The maximum atomic E-state index is 5.90. The molecule has 5 nitrogen and oxygen atoms in total. The third kappa shape index (κ3) is 3.79. The Labute approximate surface area is 113 Å². The van der Waals surface area contributed by atoms with Crippen LogP contribution in [-0.4, -0.2) is 21.6 Å². The summed E-state index contributed by atoms with van der Waals surface area (Å²) in [5.74, 6) is 0.880. The number of rotatable bonds is 6. The molecule has 0 saturated heterocycles. The SMILES string of the molecule is CCC(N)c1cn(CCOc2cccc(C)c2)nn1. The van der Waals surface area contributed by atoms with E-state index in [9.17, 15) is 0 Å². The molecule has 2 aromatic rings. The topological polar surface area (TPSA) is 66.0 Å². The Morgan fingerprint density at radius 2 is 2.26 bits per heavy atom. The summed E-state index contributed by atoms with van der Waals surface area (Å²) in [6.45, 7) is 5.30. The van der Waals surface area contributed by atoms with Crippen molar-refractivity contribution >= 4 is 0 Å². The van der Waals surface area contributed by atoms with Crippen LogP contribution in [0.2, 0.25) is 0 Å². The highest BCUT2D eigenvalue weighted by Gasteiger charge is 2.07. The molecule has 0 radical (unpaired) electrons. The van der Waals surface area contributed by atoms with Gasteiger partial charge in [0, 0.05) is 0 Å². The lowest BCUT2D eigenvalue weighted by atomic mass is 10.2. The van der Waals surface area contributed by atoms with E-state index in [1.165, 1.54) is 5.56 Å². The lowest BCUT2D eigenvalue weighted by Crippen LogP contribution is -2.10. The van der Waals surface area contributed by atoms with Crippen LogP contribution in [0.15, 0.2) is 30.5 Å². The Hall–Kier alpha value is -1.88. The van der Waals surface area contributed by atoms with Gasteiger partial charge < -0.3 is 10.5 Å². The first kappa shape index (κ1) is 13.5. The van der Waals surface area contributed by atoms with E-state index in [4.69, 9.17) is 10.5 Å². The molecule has 1 atom stereocenters. The molecule has 0 saturated carbocycles. The van der Waals surface area contributed by atoms with Crippen molar-refractivity contribution < 1.29 is 4.74 Å². The van der Waals surface area contributed by atoms with Gasteiger partial charge in [0.1, 0.15) is 12.4 Å². The largest absolute Gasteiger partial charge is 0.492 e.